The first-order valence-electron chi connectivity index (χ1n) is 9.33. The second kappa shape index (κ2) is 7.35. The predicted molar refractivity (Wildman–Crippen MR) is 105 cm³/mol. The Labute approximate surface area is 161 Å². The lowest BCUT2D eigenvalue weighted by Crippen LogP contribution is -2.23. The van der Waals surface area contributed by atoms with Crippen LogP contribution in [0.1, 0.15) is 40.2 Å². The number of rotatable bonds is 6. The van der Waals surface area contributed by atoms with Crippen molar-refractivity contribution in [3.63, 3.8) is 0 Å². The number of hydrogen-bond acceptors (Lipinski definition) is 4. The average Bonchev–Trinajstić information content (AvgIpc) is 3.12. The maximum atomic E-state index is 12.5. The Kier molecular flexibility index (Phi) is 5.29. The molecule has 0 spiro atoms. The normalized spacial score (nSPS) is 20.8. The summed E-state index contributed by atoms with van der Waals surface area (Å²) < 4.78 is 17.4. The summed E-state index contributed by atoms with van der Waals surface area (Å²) in [5.41, 5.74) is 0.423. The molecular weight excluding hydrogens is 340 g/mol. The third kappa shape index (κ3) is 4.89. The number of carbonyl (C=O) groups is 1. The molecule has 3 rings (SSSR count). The van der Waals surface area contributed by atoms with Crippen molar-refractivity contribution in [2.75, 3.05) is 0 Å². The van der Waals surface area contributed by atoms with Gasteiger partial charge < -0.3 is 14.2 Å². The van der Waals surface area contributed by atoms with Crippen LogP contribution < -0.4 is 4.74 Å². The van der Waals surface area contributed by atoms with Crippen molar-refractivity contribution >= 4 is 5.97 Å². The highest BCUT2D eigenvalue weighted by Crippen LogP contribution is 2.56. The van der Waals surface area contributed by atoms with Gasteiger partial charge in [-0.25, -0.2) is 0 Å². The molecule has 144 valence electrons. The first-order valence-corrected chi connectivity index (χ1v) is 9.33. The molecule has 4 nitrogen and oxygen atoms in total. The maximum absolute atomic E-state index is 12.5. The van der Waals surface area contributed by atoms with Crippen molar-refractivity contribution in [2.45, 2.75) is 52.9 Å². The second-order valence-corrected chi connectivity index (χ2v) is 8.62. The van der Waals surface area contributed by atoms with Crippen LogP contribution in [-0.2, 0) is 20.9 Å². The highest BCUT2D eigenvalue weighted by Gasteiger charge is 2.65. The molecule has 2 aromatic rings. The van der Waals surface area contributed by atoms with Gasteiger partial charge in [0.2, 0.25) is 0 Å². The second-order valence-electron chi connectivity index (χ2n) is 8.62. The summed E-state index contributed by atoms with van der Waals surface area (Å²) in [6, 6.07) is 17.2. The minimum absolute atomic E-state index is 0.0993. The first kappa shape index (κ1) is 19.4. The van der Waals surface area contributed by atoms with Crippen molar-refractivity contribution < 1.29 is 19.0 Å². The van der Waals surface area contributed by atoms with Crippen LogP contribution in [0, 0.1) is 11.3 Å². The number of hydrogen-bond donors (Lipinski definition) is 0. The molecule has 1 aliphatic carbocycles. The summed E-state index contributed by atoms with van der Waals surface area (Å²) in [4.78, 5) is 12.5. The van der Waals surface area contributed by atoms with Crippen molar-refractivity contribution in [3.8, 4) is 11.5 Å². The topological polar surface area (TPSA) is 44.8 Å². The number of esters is 1. The quantitative estimate of drug-likeness (QED) is 0.644. The van der Waals surface area contributed by atoms with Crippen molar-refractivity contribution in [2.24, 2.45) is 11.3 Å². The molecule has 0 aliphatic heterocycles. The van der Waals surface area contributed by atoms with Gasteiger partial charge >= 0.3 is 5.97 Å². The molecule has 0 heterocycles. The summed E-state index contributed by atoms with van der Waals surface area (Å²) in [5, 5.41) is 0. The van der Waals surface area contributed by atoms with Gasteiger partial charge in [0.05, 0.1) is 17.6 Å². The summed E-state index contributed by atoms with van der Waals surface area (Å²) in [6.07, 6.45) is -0.0993. The highest BCUT2D eigenvalue weighted by molar-refractivity contribution is 5.78. The minimum atomic E-state index is -0.278. The van der Waals surface area contributed by atoms with Crippen LogP contribution in [0.4, 0.5) is 0 Å². The van der Waals surface area contributed by atoms with Gasteiger partial charge in [-0.15, -0.1) is 0 Å². The largest absolute Gasteiger partial charge is 0.461 e. The molecule has 1 saturated carbocycles. The molecule has 1 fully saturated rings. The van der Waals surface area contributed by atoms with Crippen LogP contribution in [0.15, 0.2) is 54.6 Å². The Morgan fingerprint density at radius 2 is 1.67 bits per heavy atom. The molecule has 0 bridgehead atoms. The average molecular weight is 368 g/mol. The van der Waals surface area contributed by atoms with Gasteiger partial charge in [0.1, 0.15) is 18.1 Å². The summed E-state index contributed by atoms with van der Waals surface area (Å²) >= 11 is 0. The molecule has 27 heavy (non-hydrogen) atoms. The lowest BCUT2D eigenvalue weighted by atomic mass is 10.1. The van der Waals surface area contributed by atoms with E-state index in [0.717, 1.165) is 17.1 Å². The van der Waals surface area contributed by atoms with E-state index in [2.05, 4.69) is 0 Å². The fourth-order valence-electron chi connectivity index (χ4n) is 3.19. The van der Waals surface area contributed by atoms with E-state index < -0.39 is 0 Å². The van der Waals surface area contributed by atoms with Crippen LogP contribution in [0.3, 0.4) is 0 Å². The van der Waals surface area contributed by atoms with E-state index in [4.69, 9.17) is 14.2 Å². The molecule has 0 N–H and O–H groups in total. The third-order valence-electron chi connectivity index (χ3n) is 4.72. The van der Waals surface area contributed by atoms with E-state index in [1.807, 2.05) is 89.2 Å². The molecule has 2 unspecified atom stereocenters. The Morgan fingerprint density at radius 3 is 2.33 bits per heavy atom. The van der Waals surface area contributed by atoms with Crippen molar-refractivity contribution in [1.29, 1.82) is 0 Å². The third-order valence-corrected chi connectivity index (χ3v) is 4.72. The van der Waals surface area contributed by atoms with Crippen LogP contribution in [0.5, 0.6) is 11.5 Å². The Balaban J connectivity index is 1.57. The maximum Gasteiger partial charge on any atom is 0.312 e. The van der Waals surface area contributed by atoms with E-state index in [1.54, 1.807) is 0 Å². The lowest BCUT2D eigenvalue weighted by Gasteiger charge is -2.20. The minimum Gasteiger partial charge on any atom is -0.461 e. The van der Waals surface area contributed by atoms with Crippen LogP contribution >= 0.6 is 0 Å². The molecule has 0 aromatic heterocycles. The highest BCUT2D eigenvalue weighted by atomic mass is 16.5. The standard InChI is InChI=1S/C23H28O4/c1-22(2,3)27-20-19(23(20,4)5)21(24)25-15-16-10-9-13-18(14-16)26-17-11-7-6-8-12-17/h6-14,19-20H,15H2,1-5H3. The molecule has 0 saturated heterocycles. The van der Waals surface area contributed by atoms with E-state index in [9.17, 15) is 4.79 Å². The monoisotopic (exact) mass is 368 g/mol. The SMILES string of the molecule is CC(C)(C)OC1C(C(=O)OCc2cccc(Oc3ccccc3)c2)C1(C)C. The summed E-state index contributed by atoms with van der Waals surface area (Å²) in [6.45, 7) is 10.3. The van der Waals surface area contributed by atoms with Gasteiger partial charge in [0.15, 0.2) is 0 Å². The van der Waals surface area contributed by atoms with E-state index in [1.165, 1.54) is 0 Å². The number of para-hydroxylation sites is 1. The lowest BCUT2D eigenvalue weighted by molar-refractivity contribution is -0.148. The van der Waals surface area contributed by atoms with Crippen LogP contribution in [0.25, 0.3) is 0 Å². The number of carbonyl (C=O) groups excluding carboxylic acids is 1. The van der Waals surface area contributed by atoms with E-state index >= 15 is 0 Å². The number of benzene rings is 2. The fourth-order valence-corrected chi connectivity index (χ4v) is 3.19. The Morgan fingerprint density at radius 1 is 1.00 bits per heavy atom. The predicted octanol–water partition coefficient (Wildman–Crippen LogP) is 5.36. The van der Waals surface area contributed by atoms with Gasteiger partial charge in [-0.2, -0.15) is 0 Å². The zero-order valence-electron chi connectivity index (χ0n) is 16.7. The van der Waals surface area contributed by atoms with Crippen molar-refractivity contribution in [3.05, 3.63) is 60.2 Å². The van der Waals surface area contributed by atoms with E-state index in [-0.39, 0.29) is 35.6 Å². The number of ether oxygens (including phenoxy) is 3. The molecule has 0 radical (unpaired) electrons. The Bertz CT molecular complexity index is 790. The van der Waals surface area contributed by atoms with Gasteiger partial charge in [-0.3, -0.25) is 4.79 Å². The molecule has 2 aromatic carbocycles. The van der Waals surface area contributed by atoms with Crippen molar-refractivity contribution in [1.82, 2.24) is 0 Å². The summed E-state index contributed by atoms with van der Waals surface area (Å²) in [5.74, 6) is 1.06. The summed E-state index contributed by atoms with van der Waals surface area (Å²) in [7, 11) is 0. The molecule has 4 heteroatoms. The van der Waals surface area contributed by atoms with E-state index in [0.29, 0.717) is 0 Å². The zero-order valence-corrected chi connectivity index (χ0v) is 16.7. The fraction of sp³-hybridized carbons (Fsp3) is 0.435. The van der Waals surface area contributed by atoms with Gasteiger partial charge in [0.25, 0.3) is 0 Å². The molecule has 0 amide bonds. The van der Waals surface area contributed by atoms with Gasteiger partial charge in [-0.1, -0.05) is 44.2 Å². The first-order chi connectivity index (χ1) is 12.7. The van der Waals surface area contributed by atoms with Gasteiger partial charge in [0, 0.05) is 5.41 Å². The molecular formula is C23H28O4. The smallest absolute Gasteiger partial charge is 0.312 e. The zero-order chi connectivity index (χ0) is 19.7. The molecule has 2 atom stereocenters. The van der Waals surface area contributed by atoms with Crippen LogP contribution in [0.2, 0.25) is 0 Å². The molecule has 1 aliphatic rings. The van der Waals surface area contributed by atoms with Gasteiger partial charge in [-0.05, 0) is 50.6 Å². The Hall–Kier alpha value is -2.33. The van der Waals surface area contributed by atoms with Crippen LogP contribution in [-0.4, -0.2) is 17.7 Å².